The largest absolute Gasteiger partial charge is 0.0613 e. The van der Waals surface area contributed by atoms with Gasteiger partial charge in [-0.05, 0) is 48.6 Å². The predicted octanol–water partition coefficient (Wildman–Crippen LogP) is 5.46. The Morgan fingerprint density at radius 2 is 0.850 bits per heavy atom. The molecule has 20 heavy (non-hydrogen) atoms. The Balaban J connectivity index is 1.82. The molecule has 0 spiro atoms. The van der Waals surface area contributed by atoms with E-state index in [1.54, 1.807) is 0 Å². The summed E-state index contributed by atoms with van der Waals surface area (Å²) in [5.41, 5.74) is 5.73. The molecule has 0 amide bonds. The van der Waals surface area contributed by atoms with Crippen LogP contribution >= 0.6 is 0 Å². The molecule has 0 aromatic heterocycles. The molecule has 0 aliphatic heterocycles. The topological polar surface area (TPSA) is 0 Å². The van der Waals surface area contributed by atoms with E-state index >= 15 is 0 Å². The first-order valence-electron chi connectivity index (χ1n) is 7.71. The van der Waals surface area contributed by atoms with Gasteiger partial charge in [-0.25, -0.2) is 0 Å². The Bertz CT molecular complexity index is 513. The van der Waals surface area contributed by atoms with E-state index in [9.17, 15) is 0 Å². The van der Waals surface area contributed by atoms with Crippen molar-refractivity contribution < 1.29 is 0 Å². The Morgan fingerprint density at radius 1 is 0.550 bits per heavy atom. The van der Waals surface area contributed by atoms with Gasteiger partial charge < -0.3 is 0 Å². The summed E-state index contributed by atoms with van der Waals surface area (Å²) in [6, 6.07) is 18.2. The third-order valence-electron chi connectivity index (χ3n) is 5.19. The average Bonchev–Trinajstić information content (AvgIpc) is 2.44. The van der Waals surface area contributed by atoms with Gasteiger partial charge in [0.2, 0.25) is 0 Å². The van der Waals surface area contributed by atoms with Crippen LogP contribution in [0, 0.1) is 25.7 Å². The standard InChI is InChI=1S/C20H24/c1-13-5-9-17(10-6-13)19-15(3)20(16(19)4)18-11-7-14(2)8-12-18/h5-12,15-16,19-20H,1-4H3. The van der Waals surface area contributed by atoms with E-state index in [4.69, 9.17) is 0 Å². The van der Waals surface area contributed by atoms with E-state index in [2.05, 4.69) is 76.2 Å². The van der Waals surface area contributed by atoms with Crippen LogP contribution in [0.25, 0.3) is 0 Å². The van der Waals surface area contributed by atoms with Crippen LogP contribution in [0.5, 0.6) is 0 Å². The average molecular weight is 264 g/mol. The number of hydrogen-bond acceptors (Lipinski definition) is 0. The molecule has 0 heteroatoms. The monoisotopic (exact) mass is 264 g/mol. The molecule has 0 radical (unpaired) electrons. The van der Waals surface area contributed by atoms with E-state index in [1.165, 1.54) is 22.3 Å². The summed E-state index contributed by atoms with van der Waals surface area (Å²) < 4.78 is 0. The van der Waals surface area contributed by atoms with Gasteiger partial charge in [-0.15, -0.1) is 0 Å². The van der Waals surface area contributed by atoms with Crippen LogP contribution < -0.4 is 0 Å². The maximum absolute atomic E-state index is 2.41. The van der Waals surface area contributed by atoms with Crippen molar-refractivity contribution in [1.82, 2.24) is 0 Å². The van der Waals surface area contributed by atoms with E-state index in [1.807, 2.05) is 0 Å². The van der Waals surface area contributed by atoms with Gasteiger partial charge in [0.1, 0.15) is 0 Å². The third kappa shape index (κ3) is 2.18. The minimum Gasteiger partial charge on any atom is -0.0613 e. The predicted molar refractivity (Wildman–Crippen MR) is 86.2 cm³/mol. The summed E-state index contributed by atoms with van der Waals surface area (Å²) in [7, 11) is 0. The van der Waals surface area contributed by atoms with Crippen LogP contribution in [-0.4, -0.2) is 0 Å². The Morgan fingerprint density at radius 3 is 1.15 bits per heavy atom. The summed E-state index contributed by atoms with van der Waals surface area (Å²) in [6.07, 6.45) is 0. The molecule has 2 aromatic rings. The smallest absolute Gasteiger partial charge is 0.00987 e. The fraction of sp³-hybridized carbons (Fsp3) is 0.400. The lowest BCUT2D eigenvalue weighted by Crippen LogP contribution is -2.39. The van der Waals surface area contributed by atoms with E-state index in [-0.39, 0.29) is 0 Å². The maximum Gasteiger partial charge on any atom is -0.00987 e. The van der Waals surface area contributed by atoms with Crippen molar-refractivity contribution in [1.29, 1.82) is 0 Å². The summed E-state index contributed by atoms with van der Waals surface area (Å²) in [5, 5.41) is 0. The molecule has 0 unspecified atom stereocenters. The first-order valence-corrected chi connectivity index (χ1v) is 7.71. The molecule has 0 atom stereocenters. The summed E-state index contributed by atoms with van der Waals surface area (Å²) in [5.74, 6) is 2.88. The number of benzene rings is 2. The normalized spacial score (nSPS) is 29.0. The lowest BCUT2D eigenvalue weighted by Gasteiger charge is -2.50. The van der Waals surface area contributed by atoms with E-state index in [0.717, 1.165) is 11.8 Å². The molecule has 1 aliphatic rings. The van der Waals surface area contributed by atoms with Crippen molar-refractivity contribution in [2.45, 2.75) is 39.5 Å². The Kier molecular flexibility index (Phi) is 3.41. The molecular weight excluding hydrogens is 240 g/mol. The van der Waals surface area contributed by atoms with Crippen LogP contribution in [0.15, 0.2) is 48.5 Å². The van der Waals surface area contributed by atoms with Crippen LogP contribution in [0.1, 0.15) is 47.9 Å². The molecule has 0 saturated heterocycles. The molecule has 3 rings (SSSR count). The van der Waals surface area contributed by atoms with Gasteiger partial charge in [-0.1, -0.05) is 73.5 Å². The molecule has 2 aromatic carbocycles. The van der Waals surface area contributed by atoms with Gasteiger partial charge in [0, 0.05) is 0 Å². The van der Waals surface area contributed by atoms with Crippen LogP contribution in [0.4, 0.5) is 0 Å². The molecule has 1 saturated carbocycles. The maximum atomic E-state index is 2.41. The summed E-state index contributed by atoms with van der Waals surface area (Å²) in [6.45, 7) is 9.14. The van der Waals surface area contributed by atoms with Crippen molar-refractivity contribution in [3.05, 3.63) is 70.8 Å². The zero-order chi connectivity index (χ0) is 14.3. The van der Waals surface area contributed by atoms with Crippen LogP contribution in [0.2, 0.25) is 0 Å². The second-order valence-corrected chi connectivity index (χ2v) is 6.59. The number of hydrogen-bond donors (Lipinski definition) is 0. The van der Waals surface area contributed by atoms with Crippen LogP contribution in [-0.2, 0) is 0 Å². The summed E-state index contributed by atoms with van der Waals surface area (Å²) in [4.78, 5) is 0. The Hall–Kier alpha value is -1.56. The molecule has 0 nitrogen and oxygen atoms in total. The molecule has 0 heterocycles. The number of aryl methyl sites for hydroxylation is 2. The molecule has 0 bridgehead atoms. The van der Waals surface area contributed by atoms with Gasteiger partial charge in [-0.3, -0.25) is 0 Å². The van der Waals surface area contributed by atoms with E-state index < -0.39 is 0 Å². The fourth-order valence-electron chi connectivity index (χ4n) is 4.05. The highest BCUT2D eigenvalue weighted by Gasteiger charge is 2.45. The van der Waals surface area contributed by atoms with Gasteiger partial charge >= 0.3 is 0 Å². The second-order valence-electron chi connectivity index (χ2n) is 6.59. The van der Waals surface area contributed by atoms with Crippen molar-refractivity contribution in [3.8, 4) is 0 Å². The molecule has 104 valence electrons. The minimum atomic E-state index is 0.710. The fourth-order valence-corrected chi connectivity index (χ4v) is 4.05. The molecule has 1 fully saturated rings. The highest BCUT2D eigenvalue weighted by atomic mass is 14.5. The van der Waals surface area contributed by atoms with E-state index in [0.29, 0.717) is 11.8 Å². The van der Waals surface area contributed by atoms with Crippen LogP contribution in [0.3, 0.4) is 0 Å². The van der Waals surface area contributed by atoms with Crippen molar-refractivity contribution in [3.63, 3.8) is 0 Å². The van der Waals surface area contributed by atoms with Crippen molar-refractivity contribution in [2.24, 2.45) is 11.8 Å². The van der Waals surface area contributed by atoms with Gasteiger partial charge in [0.15, 0.2) is 0 Å². The molecule has 1 aliphatic carbocycles. The highest BCUT2D eigenvalue weighted by Crippen LogP contribution is 2.56. The Labute approximate surface area is 122 Å². The lowest BCUT2D eigenvalue weighted by molar-refractivity contribution is 0.125. The zero-order valence-corrected chi connectivity index (χ0v) is 12.9. The van der Waals surface area contributed by atoms with Crippen molar-refractivity contribution in [2.75, 3.05) is 0 Å². The van der Waals surface area contributed by atoms with Gasteiger partial charge in [0.05, 0.1) is 0 Å². The SMILES string of the molecule is Cc1ccc(C2C(C)C(c3ccc(C)cc3)C2C)cc1. The first kappa shape index (κ1) is 13.4. The highest BCUT2D eigenvalue weighted by molar-refractivity contribution is 5.35. The third-order valence-corrected chi connectivity index (χ3v) is 5.19. The lowest BCUT2D eigenvalue weighted by atomic mass is 9.54. The van der Waals surface area contributed by atoms with Gasteiger partial charge in [0.25, 0.3) is 0 Å². The second kappa shape index (κ2) is 5.09. The molecule has 0 N–H and O–H groups in total. The quantitative estimate of drug-likeness (QED) is 0.676. The number of rotatable bonds is 2. The molecular formula is C20H24. The van der Waals surface area contributed by atoms with Crippen molar-refractivity contribution >= 4 is 0 Å². The first-order chi connectivity index (χ1) is 9.58. The minimum absolute atomic E-state index is 0.710. The summed E-state index contributed by atoms with van der Waals surface area (Å²) >= 11 is 0. The van der Waals surface area contributed by atoms with Gasteiger partial charge in [-0.2, -0.15) is 0 Å². The zero-order valence-electron chi connectivity index (χ0n) is 12.9.